The predicted octanol–water partition coefficient (Wildman–Crippen LogP) is 3.47. The first-order valence-electron chi connectivity index (χ1n) is 9.23. The molecule has 3 heterocycles. The van der Waals surface area contributed by atoms with E-state index in [0.29, 0.717) is 40.9 Å². The van der Waals surface area contributed by atoms with Gasteiger partial charge in [-0.2, -0.15) is 4.98 Å². The van der Waals surface area contributed by atoms with Crippen LogP contribution >= 0.6 is 11.6 Å². The van der Waals surface area contributed by atoms with Crippen molar-refractivity contribution in [3.05, 3.63) is 81.1 Å². The quantitative estimate of drug-likeness (QED) is 0.508. The summed E-state index contributed by atoms with van der Waals surface area (Å²) in [5, 5.41) is 0.581. The summed E-state index contributed by atoms with van der Waals surface area (Å²) < 4.78 is 17.1. The van der Waals surface area contributed by atoms with Gasteiger partial charge in [0.2, 0.25) is 5.95 Å². The van der Waals surface area contributed by atoms with E-state index in [4.69, 9.17) is 16.6 Å². The molecule has 2 aromatic heterocycles. The van der Waals surface area contributed by atoms with Crippen molar-refractivity contribution < 1.29 is 4.39 Å². The molecule has 6 nitrogen and oxygen atoms in total. The molecule has 29 heavy (non-hydrogen) atoms. The van der Waals surface area contributed by atoms with E-state index in [0.717, 1.165) is 17.5 Å². The van der Waals surface area contributed by atoms with Gasteiger partial charge in [0, 0.05) is 25.2 Å². The summed E-state index contributed by atoms with van der Waals surface area (Å²) in [5.74, 6) is 0.235. The predicted molar refractivity (Wildman–Crippen MR) is 110 cm³/mol. The van der Waals surface area contributed by atoms with E-state index in [9.17, 15) is 9.18 Å². The fourth-order valence-electron chi connectivity index (χ4n) is 3.78. The van der Waals surface area contributed by atoms with E-state index in [1.54, 1.807) is 52.8 Å². The van der Waals surface area contributed by atoms with Crippen molar-refractivity contribution in [2.45, 2.75) is 13.0 Å². The Bertz CT molecular complexity index is 1300. The summed E-state index contributed by atoms with van der Waals surface area (Å²) in [5.41, 5.74) is 3.23. The molecule has 4 aromatic rings. The van der Waals surface area contributed by atoms with Crippen LogP contribution < -0.4 is 10.5 Å². The van der Waals surface area contributed by atoms with Gasteiger partial charge in [-0.25, -0.2) is 13.9 Å². The third-order valence-corrected chi connectivity index (χ3v) is 5.52. The highest BCUT2D eigenvalue weighted by atomic mass is 35.5. The maximum Gasteiger partial charge on any atom is 0.287 e. The molecular formula is C21H17ClFN5O. The van der Waals surface area contributed by atoms with Crippen molar-refractivity contribution in [3.8, 4) is 5.69 Å². The molecule has 0 atom stereocenters. The Kier molecular flexibility index (Phi) is 4.13. The highest BCUT2D eigenvalue weighted by Gasteiger charge is 2.24. The lowest BCUT2D eigenvalue weighted by atomic mass is 10.00. The molecule has 1 aliphatic rings. The van der Waals surface area contributed by atoms with Crippen molar-refractivity contribution in [2.24, 2.45) is 7.05 Å². The molecule has 8 heteroatoms. The molecule has 0 radical (unpaired) electrons. The summed E-state index contributed by atoms with van der Waals surface area (Å²) in [6, 6.07) is 11.9. The standard InChI is InChI=1S/C21H17ClFN5O/c1-26-12-24-18-19(26)25-21(28(20(18)29)17-6-3-15(22)4-7-17)27-9-8-13-2-5-16(23)10-14(13)11-27/h2-7,10,12H,8-9,11H2,1H3. The number of aromatic nitrogens is 4. The smallest absolute Gasteiger partial charge is 0.287 e. The lowest BCUT2D eigenvalue weighted by molar-refractivity contribution is 0.616. The summed E-state index contributed by atoms with van der Waals surface area (Å²) in [6.45, 7) is 1.14. The Morgan fingerprint density at radius 3 is 2.69 bits per heavy atom. The Morgan fingerprint density at radius 1 is 1.10 bits per heavy atom. The molecule has 0 fully saturated rings. The first-order chi connectivity index (χ1) is 14.0. The van der Waals surface area contributed by atoms with Crippen molar-refractivity contribution in [1.82, 2.24) is 19.1 Å². The minimum Gasteiger partial charge on any atom is -0.337 e. The number of imidazole rings is 1. The fourth-order valence-corrected chi connectivity index (χ4v) is 3.91. The van der Waals surface area contributed by atoms with Gasteiger partial charge in [0.1, 0.15) is 5.82 Å². The first kappa shape index (κ1) is 17.9. The molecule has 146 valence electrons. The van der Waals surface area contributed by atoms with Gasteiger partial charge in [-0.15, -0.1) is 0 Å². The van der Waals surface area contributed by atoms with Gasteiger partial charge >= 0.3 is 0 Å². The van der Waals surface area contributed by atoms with Crippen molar-refractivity contribution in [3.63, 3.8) is 0 Å². The largest absolute Gasteiger partial charge is 0.337 e. The van der Waals surface area contributed by atoms with E-state index in [1.165, 1.54) is 6.07 Å². The molecule has 0 saturated carbocycles. The number of nitrogens with zero attached hydrogens (tertiary/aromatic N) is 5. The minimum absolute atomic E-state index is 0.252. The number of halogens is 2. The number of rotatable bonds is 2. The molecule has 0 bridgehead atoms. The Labute approximate surface area is 170 Å². The van der Waals surface area contributed by atoms with Gasteiger partial charge in [0.25, 0.3) is 5.56 Å². The third-order valence-electron chi connectivity index (χ3n) is 5.27. The Balaban J connectivity index is 1.72. The zero-order valence-corrected chi connectivity index (χ0v) is 16.4. The average Bonchev–Trinajstić information content (AvgIpc) is 3.09. The monoisotopic (exact) mass is 409 g/mol. The van der Waals surface area contributed by atoms with Crippen molar-refractivity contribution >= 4 is 28.7 Å². The van der Waals surface area contributed by atoms with Crippen LogP contribution in [0.15, 0.2) is 53.6 Å². The topological polar surface area (TPSA) is 56.0 Å². The maximum atomic E-state index is 13.8. The fraction of sp³-hybridized carbons (Fsp3) is 0.190. The number of hydrogen-bond acceptors (Lipinski definition) is 4. The van der Waals surface area contributed by atoms with Crippen LogP contribution in [0.1, 0.15) is 11.1 Å². The molecule has 0 spiro atoms. The summed E-state index contributed by atoms with van der Waals surface area (Å²) >= 11 is 6.03. The number of fused-ring (bicyclic) bond motifs is 2. The second-order valence-corrected chi connectivity index (χ2v) is 7.58. The number of aryl methyl sites for hydroxylation is 1. The summed E-state index contributed by atoms with van der Waals surface area (Å²) in [4.78, 5) is 24.3. The maximum absolute atomic E-state index is 13.8. The second-order valence-electron chi connectivity index (χ2n) is 7.14. The summed E-state index contributed by atoms with van der Waals surface area (Å²) in [7, 11) is 1.80. The molecule has 2 aromatic carbocycles. The number of anilines is 1. The molecule has 5 rings (SSSR count). The van der Waals surface area contributed by atoms with Gasteiger partial charge < -0.3 is 9.47 Å². The van der Waals surface area contributed by atoms with Crippen LogP contribution in [-0.4, -0.2) is 25.6 Å². The summed E-state index contributed by atoms with van der Waals surface area (Å²) in [6.07, 6.45) is 2.32. The molecule has 0 amide bonds. The zero-order valence-electron chi connectivity index (χ0n) is 15.6. The molecule has 0 unspecified atom stereocenters. The molecular weight excluding hydrogens is 393 g/mol. The third kappa shape index (κ3) is 2.98. The highest BCUT2D eigenvalue weighted by molar-refractivity contribution is 6.30. The van der Waals surface area contributed by atoms with Gasteiger partial charge in [-0.3, -0.25) is 4.79 Å². The van der Waals surface area contributed by atoms with Crippen LogP contribution in [0.5, 0.6) is 0 Å². The van der Waals surface area contributed by atoms with Gasteiger partial charge in [-0.1, -0.05) is 17.7 Å². The van der Waals surface area contributed by atoms with E-state index in [-0.39, 0.29) is 11.4 Å². The average molecular weight is 410 g/mol. The molecule has 0 N–H and O–H groups in total. The zero-order chi connectivity index (χ0) is 20.1. The van der Waals surface area contributed by atoms with Gasteiger partial charge in [-0.05, 0) is 53.9 Å². The van der Waals surface area contributed by atoms with Crippen LogP contribution in [0.2, 0.25) is 5.02 Å². The van der Waals surface area contributed by atoms with E-state index >= 15 is 0 Å². The van der Waals surface area contributed by atoms with Crippen molar-refractivity contribution in [1.29, 1.82) is 0 Å². The lowest BCUT2D eigenvalue weighted by Gasteiger charge is -2.31. The molecule has 1 aliphatic heterocycles. The second kappa shape index (κ2) is 6.70. The Hall–Kier alpha value is -3.19. The van der Waals surface area contributed by atoms with Crippen molar-refractivity contribution in [2.75, 3.05) is 11.4 Å². The van der Waals surface area contributed by atoms with Gasteiger partial charge in [0.15, 0.2) is 11.2 Å². The van der Waals surface area contributed by atoms with Crippen LogP contribution in [0.25, 0.3) is 16.9 Å². The lowest BCUT2D eigenvalue weighted by Crippen LogP contribution is -2.36. The van der Waals surface area contributed by atoms with Crippen LogP contribution in [0.4, 0.5) is 10.3 Å². The van der Waals surface area contributed by atoms with Crippen LogP contribution in [-0.2, 0) is 20.0 Å². The number of benzene rings is 2. The normalized spacial score (nSPS) is 13.7. The minimum atomic E-state index is -0.268. The van der Waals surface area contributed by atoms with Gasteiger partial charge in [0.05, 0.1) is 12.0 Å². The highest BCUT2D eigenvalue weighted by Crippen LogP contribution is 2.26. The van der Waals surface area contributed by atoms with E-state index in [1.807, 2.05) is 11.0 Å². The SMILES string of the molecule is Cn1cnc2c(=O)n(-c3ccc(Cl)cc3)c(N3CCc4ccc(F)cc4C3)nc21. The molecule has 0 saturated heterocycles. The first-order valence-corrected chi connectivity index (χ1v) is 9.61. The Morgan fingerprint density at radius 2 is 1.90 bits per heavy atom. The number of hydrogen-bond donors (Lipinski definition) is 0. The van der Waals surface area contributed by atoms with E-state index in [2.05, 4.69) is 4.98 Å². The van der Waals surface area contributed by atoms with E-state index < -0.39 is 0 Å². The van der Waals surface area contributed by atoms with Crippen LogP contribution in [0.3, 0.4) is 0 Å². The molecule has 0 aliphatic carbocycles. The van der Waals surface area contributed by atoms with Crippen LogP contribution in [0, 0.1) is 5.82 Å².